The first-order valence-corrected chi connectivity index (χ1v) is 8.81. The van der Waals surface area contributed by atoms with Gasteiger partial charge < -0.3 is 8.94 Å². The molecule has 0 aliphatic rings. The molecule has 0 spiro atoms. The molecule has 0 saturated heterocycles. The highest BCUT2D eigenvalue weighted by molar-refractivity contribution is 7.88. The Morgan fingerprint density at radius 1 is 1.21 bits per heavy atom. The maximum Gasteiger partial charge on any atom is 0.275 e. The lowest BCUT2D eigenvalue weighted by molar-refractivity contribution is 0.422. The minimum atomic E-state index is -3.64. The molecule has 0 aliphatic heterocycles. The largest absolute Gasteiger partial charge is 0.451 e. The molecule has 7 nitrogen and oxygen atoms in total. The smallest absolute Gasteiger partial charge is 0.275 e. The van der Waals surface area contributed by atoms with Crippen molar-refractivity contribution in [1.29, 1.82) is 0 Å². The summed E-state index contributed by atoms with van der Waals surface area (Å²) in [6.45, 7) is 2.05. The van der Waals surface area contributed by atoms with Gasteiger partial charge in [-0.15, -0.1) is 0 Å². The molecule has 2 heterocycles. The zero-order valence-electron chi connectivity index (χ0n) is 13.6. The summed E-state index contributed by atoms with van der Waals surface area (Å²) in [6.07, 6.45) is 2.14. The molecule has 0 atom stereocenters. The summed E-state index contributed by atoms with van der Waals surface area (Å²) < 4.78 is 35.6. The van der Waals surface area contributed by atoms with Crippen LogP contribution in [0.3, 0.4) is 0 Å². The van der Waals surface area contributed by atoms with E-state index >= 15 is 0 Å². The normalized spacial score (nSPS) is 12.0. The van der Waals surface area contributed by atoms with Gasteiger partial charge in [0.2, 0.25) is 10.9 Å². The number of aryl methyl sites for hydroxylation is 1. The lowest BCUT2D eigenvalue weighted by atomic mass is 10.1. The molecule has 24 heavy (non-hydrogen) atoms. The van der Waals surface area contributed by atoms with Gasteiger partial charge in [-0.25, -0.2) is 12.7 Å². The lowest BCUT2D eigenvalue weighted by Crippen LogP contribution is -2.21. The summed E-state index contributed by atoms with van der Waals surface area (Å²) >= 11 is 0. The van der Waals surface area contributed by atoms with E-state index in [0.717, 1.165) is 21.9 Å². The quantitative estimate of drug-likeness (QED) is 0.705. The summed E-state index contributed by atoms with van der Waals surface area (Å²) in [7, 11) is -0.774. The van der Waals surface area contributed by atoms with Crippen LogP contribution in [0.25, 0.3) is 22.8 Å². The molecular formula is C16H17N3O4S. The molecule has 0 unspecified atom stereocenters. The molecule has 0 bridgehead atoms. The number of hydrogen-bond donors (Lipinski definition) is 0. The van der Waals surface area contributed by atoms with Gasteiger partial charge in [-0.05, 0) is 12.0 Å². The predicted molar refractivity (Wildman–Crippen MR) is 87.7 cm³/mol. The Hall–Kier alpha value is -2.45. The average molecular weight is 347 g/mol. The topological polar surface area (TPSA) is 89.4 Å². The molecular weight excluding hydrogens is 330 g/mol. The van der Waals surface area contributed by atoms with Crippen molar-refractivity contribution in [3.8, 4) is 22.8 Å². The van der Waals surface area contributed by atoms with Gasteiger partial charge in [0.1, 0.15) is 6.26 Å². The molecule has 1 aromatic carbocycles. The van der Waals surface area contributed by atoms with Gasteiger partial charge in [0.05, 0.1) is 5.56 Å². The fraction of sp³-hybridized carbons (Fsp3) is 0.250. The third kappa shape index (κ3) is 2.85. The van der Waals surface area contributed by atoms with E-state index in [4.69, 9.17) is 8.94 Å². The Morgan fingerprint density at radius 2 is 1.96 bits per heavy atom. The van der Waals surface area contributed by atoms with Crippen LogP contribution in [-0.4, -0.2) is 37.0 Å². The van der Waals surface area contributed by atoms with Crippen LogP contribution in [0.1, 0.15) is 12.5 Å². The van der Waals surface area contributed by atoms with Gasteiger partial charge in [0, 0.05) is 25.7 Å². The average Bonchev–Trinajstić information content (AvgIpc) is 3.23. The minimum Gasteiger partial charge on any atom is -0.451 e. The van der Waals surface area contributed by atoms with Crippen LogP contribution in [0, 0.1) is 0 Å². The first-order valence-electron chi connectivity index (χ1n) is 7.37. The molecule has 126 valence electrons. The molecule has 3 rings (SSSR count). The fourth-order valence-electron chi connectivity index (χ4n) is 2.24. The van der Waals surface area contributed by atoms with E-state index < -0.39 is 10.0 Å². The minimum absolute atomic E-state index is 0.170. The van der Waals surface area contributed by atoms with Crippen LogP contribution in [0.15, 0.2) is 50.6 Å². The second-order valence-electron chi connectivity index (χ2n) is 5.38. The van der Waals surface area contributed by atoms with Crippen molar-refractivity contribution in [2.45, 2.75) is 18.4 Å². The van der Waals surface area contributed by atoms with Crippen molar-refractivity contribution in [1.82, 2.24) is 14.4 Å². The molecule has 2 aromatic heterocycles. The summed E-state index contributed by atoms with van der Waals surface area (Å²) in [6, 6.07) is 9.16. The van der Waals surface area contributed by atoms with Gasteiger partial charge in [-0.2, -0.15) is 4.98 Å². The monoisotopic (exact) mass is 347 g/mol. The molecule has 8 heteroatoms. The van der Waals surface area contributed by atoms with E-state index in [1.54, 1.807) is 0 Å². The number of furan rings is 1. The Bertz CT molecular complexity index is 957. The summed E-state index contributed by atoms with van der Waals surface area (Å²) in [5.74, 6) is 0.667. The van der Waals surface area contributed by atoms with E-state index in [-0.39, 0.29) is 11.0 Å². The zero-order valence-corrected chi connectivity index (χ0v) is 14.4. The Kier molecular flexibility index (Phi) is 4.25. The summed E-state index contributed by atoms with van der Waals surface area (Å²) in [4.78, 5) is 4.35. The Morgan fingerprint density at radius 3 is 2.67 bits per heavy atom. The van der Waals surface area contributed by atoms with Crippen LogP contribution in [-0.2, 0) is 16.4 Å². The van der Waals surface area contributed by atoms with Gasteiger partial charge in [0.25, 0.3) is 15.9 Å². The highest BCUT2D eigenvalue weighted by Gasteiger charge is 2.23. The van der Waals surface area contributed by atoms with Gasteiger partial charge in [-0.3, -0.25) is 0 Å². The molecule has 0 fully saturated rings. The molecule has 0 saturated carbocycles. The zero-order chi connectivity index (χ0) is 17.3. The van der Waals surface area contributed by atoms with Crippen molar-refractivity contribution in [3.05, 3.63) is 42.2 Å². The molecule has 0 amide bonds. The van der Waals surface area contributed by atoms with Crippen LogP contribution in [0.2, 0.25) is 0 Å². The summed E-state index contributed by atoms with van der Waals surface area (Å²) in [5, 5.41) is 3.82. The number of hydrogen-bond acceptors (Lipinski definition) is 6. The third-order valence-corrected chi connectivity index (χ3v) is 5.31. The first kappa shape index (κ1) is 16.4. The van der Waals surface area contributed by atoms with Crippen LogP contribution in [0.5, 0.6) is 0 Å². The van der Waals surface area contributed by atoms with E-state index in [9.17, 15) is 8.42 Å². The van der Waals surface area contributed by atoms with Crippen LogP contribution >= 0.6 is 0 Å². The van der Waals surface area contributed by atoms with Crippen LogP contribution < -0.4 is 0 Å². The standard InChI is InChI=1S/C16H17N3O4S/c1-4-11-7-5-6-8-13(11)15-17-16(23-18-15)12-9-14(22-10-12)24(20,21)19(2)3/h5-10H,4H2,1-3H3. The van der Waals surface area contributed by atoms with Gasteiger partial charge in [0.15, 0.2) is 0 Å². The van der Waals surface area contributed by atoms with E-state index in [2.05, 4.69) is 10.1 Å². The number of aromatic nitrogens is 2. The molecule has 0 N–H and O–H groups in total. The molecule has 0 aliphatic carbocycles. The predicted octanol–water partition coefficient (Wildman–Crippen LogP) is 2.81. The lowest BCUT2D eigenvalue weighted by Gasteiger charge is -2.07. The Labute approximate surface area is 140 Å². The molecule has 0 radical (unpaired) electrons. The SMILES string of the molecule is CCc1ccccc1-c1noc(-c2coc(S(=O)(=O)N(C)C)c2)n1. The molecule has 3 aromatic rings. The number of sulfonamides is 1. The number of benzene rings is 1. The fourth-order valence-corrected chi connectivity index (χ4v) is 3.05. The second kappa shape index (κ2) is 6.21. The van der Waals surface area contributed by atoms with E-state index in [1.165, 1.54) is 26.4 Å². The van der Waals surface area contributed by atoms with Crippen molar-refractivity contribution < 1.29 is 17.4 Å². The summed E-state index contributed by atoms with van der Waals surface area (Å²) in [5.41, 5.74) is 2.41. The first-order chi connectivity index (χ1) is 11.4. The van der Waals surface area contributed by atoms with Crippen molar-refractivity contribution in [3.63, 3.8) is 0 Å². The third-order valence-electron chi connectivity index (χ3n) is 3.62. The highest BCUT2D eigenvalue weighted by Crippen LogP contribution is 2.28. The Balaban J connectivity index is 1.96. The van der Waals surface area contributed by atoms with Crippen molar-refractivity contribution >= 4 is 10.0 Å². The second-order valence-corrected chi connectivity index (χ2v) is 7.46. The van der Waals surface area contributed by atoms with Gasteiger partial charge in [-0.1, -0.05) is 36.3 Å². The van der Waals surface area contributed by atoms with E-state index in [0.29, 0.717) is 11.4 Å². The number of rotatable bonds is 5. The maximum atomic E-state index is 12.1. The van der Waals surface area contributed by atoms with Crippen molar-refractivity contribution in [2.24, 2.45) is 0 Å². The van der Waals surface area contributed by atoms with E-state index in [1.807, 2.05) is 31.2 Å². The maximum absolute atomic E-state index is 12.1. The number of nitrogens with zero attached hydrogens (tertiary/aromatic N) is 3. The van der Waals surface area contributed by atoms with Gasteiger partial charge >= 0.3 is 0 Å². The highest BCUT2D eigenvalue weighted by atomic mass is 32.2. The van der Waals surface area contributed by atoms with Crippen molar-refractivity contribution in [2.75, 3.05) is 14.1 Å². The van der Waals surface area contributed by atoms with Crippen LogP contribution in [0.4, 0.5) is 0 Å².